The van der Waals surface area contributed by atoms with Crippen molar-refractivity contribution in [2.75, 3.05) is 46.1 Å². The van der Waals surface area contributed by atoms with Crippen LogP contribution >= 0.6 is 0 Å². The summed E-state index contributed by atoms with van der Waals surface area (Å²) in [6.07, 6.45) is 0. The molecule has 2 heterocycles. The fourth-order valence-corrected chi connectivity index (χ4v) is 4.92. The van der Waals surface area contributed by atoms with E-state index in [1.54, 1.807) is 0 Å². The van der Waals surface area contributed by atoms with Crippen LogP contribution in [0.5, 0.6) is 12.0 Å². The highest BCUT2D eigenvalue weighted by Crippen LogP contribution is 2.25. The number of methoxy groups -OCH3 is 2. The van der Waals surface area contributed by atoms with Crippen molar-refractivity contribution in [3.63, 3.8) is 0 Å². The van der Waals surface area contributed by atoms with Gasteiger partial charge in [-0.2, -0.15) is 29.9 Å². The molecule has 0 aliphatic rings. The van der Waals surface area contributed by atoms with Gasteiger partial charge in [-0.1, -0.05) is 36.4 Å². The van der Waals surface area contributed by atoms with Gasteiger partial charge in [-0.15, -0.1) is 0 Å². The highest BCUT2D eigenvalue weighted by Gasteiger charge is 2.11. The van der Waals surface area contributed by atoms with Crippen LogP contribution in [0.25, 0.3) is 0 Å². The molecule has 0 saturated heterocycles. The Morgan fingerprint density at radius 2 is 0.519 bits per heavy atom. The van der Waals surface area contributed by atoms with E-state index in [1.807, 2.05) is 133 Å². The van der Waals surface area contributed by atoms with Crippen LogP contribution in [0.2, 0.25) is 0 Å². The normalized spacial score (nSPS) is 10.5. The Kier molecular flexibility index (Phi) is 10.1. The number of nitrogens with zero attached hydrogens (tertiary/aromatic N) is 6. The molecular formula is C38H34N12O2. The third kappa shape index (κ3) is 8.95. The van der Waals surface area contributed by atoms with E-state index in [9.17, 15) is 0 Å². The number of benzene rings is 5. The highest BCUT2D eigenvalue weighted by atomic mass is 16.5. The Labute approximate surface area is 299 Å². The Morgan fingerprint density at radius 1 is 0.288 bits per heavy atom. The van der Waals surface area contributed by atoms with E-state index in [2.05, 4.69) is 61.8 Å². The summed E-state index contributed by atoms with van der Waals surface area (Å²) >= 11 is 0. The lowest BCUT2D eigenvalue weighted by Gasteiger charge is -2.12. The fourth-order valence-electron chi connectivity index (χ4n) is 4.92. The quantitative estimate of drug-likeness (QED) is 0.0642. The molecule has 52 heavy (non-hydrogen) atoms. The van der Waals surface area contributed by atoms with Crippen LogP contribution in [-0.2, 0) is 0 Å². The molecule has 0 atom stereocenters. The topological polar surface area (TPSA) is 168 Å². The third-order valence-electron chi connectivity index (χ3n) is 7.40. The zero-order valence-electron chi connectivity index (χ0n) is 28.2. The van der Waals surface area contributed by atoms with Gasteiger partial charge in [0.1, 0.15) is 0 Å². The first-order chi connectivity index (χ1) is 25.6. The van der Waals surface area contributed by atoms with Crippen LogP contribution in [0.3, 0.4) is 0 Å². The lowest BCUT2D eigenvalue weighted by Crippen LogP contribution is -2.06. The number of hydrogen-bond donors (Lipinski definition) is 6. The first-order valence-corrected chi connectivity index (χ1v) is 16.2. The van der Waals surface area contributed by atoms with Crippen LogP contribution in [0.1, 0.15) is 0 Å². The van der Waals surface area contributed by atoms with Crippen LogP contribution < -0.4 is 41.4 Å². The lowest BCUT2D eigenvalue weighted by atomic mass is 10.2. The molecule has 0 aliphatic heterocycles. The maximum atomic E-state index is 5.34. The number of ether oxygens (including phenoxy) is 2. The van der Waals surface area contributed by atoms with Crippen LogP contribution in [-0.4, -0.2) is 44.1 Å². The van der Waals surface area contributed by atoms with Gasteiger partial charge in [0.15, 0.2) is 0 Å². The standard InChI is InChI=1S/C38H34N12O2/c1-51-37-47-33(41-29-17-13-27(14-18-29)39-25-9-5-3-6-10-25)45-35(49-37)43-31-21-23-32(24-22-31)44-36-46-34(48-38(50-36)52-2)42-30-19-15-28(16-20-30)40-26-11-7-4-8-12-26/h3-24,39-40H,1-2H3,(H2,41,43,45,47,49)(H2,42,44,46,48,50). The Bertz CT molecular complexity index is 2050. The maximum Gasteiger partial charge on any atom is 0.322 e. The third-order valence-corrected chi connectivity index (χ3v) is 7.40. The zero-order valence-corrected chi connectivity index (χ0v) is 28.2. The van der Waals surface area contributed by atoms with E-state index in [1.165, 1.54) is 14.2 Å². The van der Waals surface area contributed by atoms with Crippen molar-refractivity contribution in [3.8, 4) is 12.0 Å². The Balaban J connectivity index is 0.981. The van der Waals surface area contributed by atoms with Crippen molar-refractivity contribution >= 4 is 69.3 Å². The van der Waals surface area contributed by atoms with Gasteiger partial charge < -0.3 is 41.4 Å². The zero-order chi connectivity index (χ0) is 35.5. The second-order valence-corrected chi connectivity index (χ2v) is 11.2. The first-order valence-electron chi connectivity index (χ1n) is 16.2. The number of hydrogen-bond acceptors (Lipinski definition) is 14. The summed E-state index contributed by atoms with van der Waals surface area (Å²) in [5.74, 6) is 1.26. The van der Waals surface area contributed by atoms with Crippen molar-refractivity contribution in [1.82, 2.24) is 29.9 Å². The van der Waals surface area contributed by atoms with E-state index in [0.717, 1.165) is 45.5 Å². The summed E-state index contributed by atoms with van der Waals surface area (Å²) in [4.78, 5) is 26.5. The lowest BCUT2D eigenvalue weighted by molar-refractivity contribution is 0.379. The molecule has 14 heteroatoms. The van der Waals surface area contributed by atoms with Crippen LogP contribution in [0.15, 0.2) is 133 Å². The number of anilines is 12. The van der Waals surface area contributed by atoms with Gasteiger partial charge >= 0.3 is 12.0 Å². The molecule has 7 rings (SSSR count). The van der Waals surface area contributed by atoms with E-state index in [4.69, 9.17) is 9.47 Å². The molecule has 258 valence electrons. The second-order valence-electron chi connectivity index (χ2n) is 11.2. The minimum absolute atomic E-state index is 0.161. The summed E-state index contributed by atoms with van der Waals surface area (Å²) in [6.45, 7) is 0. The Hall–Kier alpha value is -7.48. The molecule has 0 spiro atoms. The SMILES string of the molecule is COc1nc(Nc2ccc(Nc3ccccc3)cc2)nc(Nc2ccc(Nc3nc(Nc4ccc(Nc5ccccc5)cc4)nc(OC)n3)cc2)n1. The minimum Gasteiger partial charge on any atom is -0.467 e. The van der Waals surface area contributed by atoms with Gasteiger partial charge in [0, 0.05) is 45.5 Å². The van der Waals surface area contributed by atoms with E-state index < -0.39 is 0 Å². The summed E-state index contributed by atoms with van der Waals surface area (Å²) in [7, 11) is 3.01. The first kappa shape index (κ1) is 33.0. The monoisotopic (exact) mass is 690 g/mol. The molecule has 14 nitrogen and oxygen atoms in total. The number of aromatic nitrogens is 6. The van der Waals surface area contributed by atoms with Crippen molar-refractivity contribution in [2.24, 2.45) is 0 Å². The summed E-state index contributed by atoms with van der Waals surface area (Å²) in [6, 6.07) is 43.3. The molecule has 6 N–H and O–H groups in total. The van der Waals surface area contributed by atoms with Gasteiger partial charge in [-0.25, -0.2) is 0 Å². The average Bonchev–Trinajstić information content (AvgIpc) is 3.18. The summed E-state index contributed by atoms with van der Waals surface area (Å²) < 4.78 is 10.7. The largest absolute Gasteiger partial charge is 0.467 e. The Morgan fingerprint density at radius 3 is 0.769 bits per heavy atom. The number of rotatable bonds is 14. The van der Waals surface area contributed by atoms with E-state index in [-0.39, 0.29) is 12.0 Å². The second kappa shape index (κ2) is 15.8. The van der Waals surface area contributed by atoms with Crippen molar-refractivity contribution in [3.05, 3.63) is 133 Å². The smallest absolute Gasteiger partial charge is 0.322 e. The molecule has 0 fully saturated rings. The van der Waals surface area contributed by atoms with Gasteiger partial charge in [-0.3, -0.25) is 0 Å². The molecule has 0 radical (unpaired) electrons. The molecule has 7 aromatic rings. The predicted molar refractivity (Wildman–Crippen MR) is 205 cm³/mol. The van der Waals surface area contributed by atoms with Gasteiger partial charge in [0.05, 0.1) is 14.2 Å². The molecule has 0 bridgehead atoms. The van der Waals surface area contributed by atoms with Gasteiger partial charge in [0.2, 0.25) is 23.8 Å². The molecule has 0 saturated carbocycles. The van der Waals surface area contributed by atoms with Gasteiger partial charge in [-0.05, 0) is 97.1 Å². The molecule has 2 aromatic heterocycles. The predicted octanol–water partition coefficient (Wildman–Crippen LogP) is 8.54. The minimum atomic E-state index is 0.161. The fraction of sp³-hybridized carbons (Fsp3) is 0.0526. The molecule has 5 aromatic carbocycles. The van der Waals surface area contributed by atoms with Gasteiger partial charge in [0.25, 0.3) is 0 Å². The van der Waals surface area contributed by atoms with Crippen LogP contribution in [0, 0.1) is 0 Å². The molecule has 0 unspecified atom stereocenters. The average molecular weight is 691 g/mol. The molecule has 0 amide bonds. The molecular weight excluding hydrogens is 656 g/mol. The highest BCUT2D eigenvalue weighted by molar-refractivity contribution is 5.67. The van der Waals surface area contributed by atoms with Crippen molar-refractivity contribution < 1.29 is 9.47 Å². The summed E-state index contributed by atoms with van der Waals surface area (Å²) in [5.41, 5.74) is 7.00. The van der Waals surface area contributed by atoms with E-state index in [0.29, 0.717) is 23.8 Å². The number of nitrogens with one attached hydrogen (secondary N) is 6. The number of para-hydroxylation sites is 2. The van der Waals surface area contributed by atoms with Crippen LogP contribution in [0.4, 0.5) is 69.3 Å². The van der Waals surface area contributed by atoms with Crippen molar-refractivity contribution in [2.45, 2.75) is 0 Å². The van der Waals surface area contributed by atoms with Crippen molar-refractivity contribution in [1.29, 1.82) is 0 Å². The van der Waals surface area contributed by atoms with E-state index >= 15 is 0 Å². The molecule has 0 aliphatic carbocycles. The maximum absolute atomic E-state index is 5.34. The summed E-state index contributed by atoms with van der Waals surface area (Å²) in [5, 5.41) is 19.6.